The number of aromatic nitrogens is 1. The minimum Gasteiger partial charge on any atom is -0.311 e. The summed E-state index contributed by atoms with van der Waals surface area (Å²) in [5.41, 5.74) is 1.84. The molecule has 0 unspecified atom stereocenters. The molecule has 0 amide bonds. The van der Waals surface area contributed by atoms with Crippen LogP contribution in [0.1, 0.15) is 36.9 Å². The minimum atomic E-state index is 0. The first kappa shape index (κ1) is 12.9. The fraction of sp³-hybridized carbons (Fsp3) is 0.727. The van der Waals surface area contributed by atoms with Crippen molar-refractivity contribution in [1.82, 2.24) is 10.3 Å². The summed E-state index contributed by atoms with van der Waals surface area (Å²) in [5, 5.41) is 6.82. The van der Waals surface area contributed by atoms with Gasteiger partial charge in [0, 0.05) is 18.5 Å². The lowest BCUT2D eigenvalue weighted by Crippen LogP contribution is -2.23. The van der Waals surface area contributed by atoms with Crippen LogP contribution >= 0.6 is 23.7 Å². The summed E-state index contributed by atoms with van der Waals surface area (Å²) in [6.45, 7) is 6.45. The average Bonchev–Trinajstić information content (AvgIpc) is 2.84. The number of hydrogen-bond acceptors (Lipinski definition) is 3. The van der Waals surface area contributed by atoms with E-state index in [1.807, 2.05) is 0 Å². The molecule has 1 saturated carbocycles. The van der Waals surface area contributed by atoms with Gasteiger partial charge in [-0.25, -0.2) is 4.98 Å². The van der Waals surface area contributed by atoms with Gasteiger partial charge in [0.15, 0.2) is 0 Å². The smallest absolute Gasteiger partial charge is 0.0897 e. The molecule has 1 heterocycles. The van der Waals surface area contributed by atoms with Crippen LogP contribution in [0.3, 0.4) is 0 Å². The Bertz CT molecular complexity index is 307. The van der Waals surface area contributed by atoms with E-state index in [0.29, 0.717) is 5.41 Å². The Labute approximate surface area is 102 Å². The molecule has 1 fully saturated rings. The first-order chi connectivity index (χ1) is 6.74. The molecule has 0 spiro atoms. The van der Waals surface area contributed by atoms with Crippen LogP contribution < -0.4 is 5.32 Å². The van der Waals surface area contributed by atoms with E-state index in [2.05, 4.69) is 29.5 Å². The van der Waals surface area contributed by atoms with E-state index in [1.165, 1.54) is 36.5 Å². The number of aryl methyl sites for hydroxylation is 1. The molecule has 0 bridgehead atoms. The highest BCUT2D eigenvalue weighted by Gasteiger charge is 2.39. The lowest BCUT2D eigenvalue weighted by molar-refractivity contribution is 0.442. The van der Waals surface area contributed by atoms with E-state index in [-0.39, 0.29) is 12.4 Å². The Balaban J connectivity index is 0.00000112. The van der Waals surface area contributed by atoms with Gasteiger partial charge in [-0.2, -0.15) is 0 Å². The van der Waals surface area contributed by atoms with Crippen molar-refractivity contribution in [3.8, 4) is 0 Å². The fourth-order valence-corrected chi connectivity index (χ4v) is 2.39. The first-order valence-electron chi connectivity index (χ1n) is 5.36. The van der Waals surface area contributed by atoms with Crippen LogP contribution in [0, 0.1) is 12.3 Å². The monoisotopic (exact) mass is 246 g/mol. The zero-order valence-electron chi connectivity index (χ0n) is 9.38. The summed E-state index contributed by atoms with van der Waals surface area (Å²) in [6, 6.07) is 0. The van der Waals surface area contributed by atoms with Gasteiger partial charge in [-0.1, -0.05) is 6.92 Å². The second-order valence-electron chi connectivity index (χ2n) is 4.31. The Morgan fingerprint density at radius 2 is 2.27 bits per heavy atom. The van der Waals surface area contributed by atoms with Crippen molar-refractivity contribution in [2.24, 2.45) is 5.41 Å². The molecule has 0 aromatic carbocycles. The predicted molar refractivity (Wildman–Crippen MR) is 67.8 cm³/mol. The highest BCUT2D eigenvalue weighted by molar-refractivity contribution is 7.09. The predicted octanol–water partition coefficient (Wildman–Crippen LogP) is 3.15. The Morgan fingerprint density at radius 3 is 2.73 bits per heavy atom. The van der Waals surface area contributed by atoms with Crippen LogP contribution in [0.2, 0.25) is 0 Å². The molecule has 1 aliphatic carbocycles. The number of halogens is 1. The number of nitrogens with one attached hydrogen (secondary N) is 1. The summed E-state index contributed by atoms with van der Waals surface area (Å²) in [5.74, 6) is 0. The number of nitrogens with zero attached hydrogens (tertiary/aromatic N) is 1. The highest BCUT2D eigenvalue weighted by Crippen LogP contribution is 2.47. The van der Waals surface area contributed by atoms with Crippen molar-refractivity contribution in [2.75, 3.05) is 6.54 Å². The van der Waals surface area contributed by atoms with Crippen molar-refractivity contribution in [3.05, 3.63) is 16.1 Å². The molecule has 2 rings (SSSR count). The molecule has 0 radical (unpaired) electrons. The van der Waals surface area contributed by atoms with Crippen LogP contribution in [-0.4, -0.2) is 11.5 Å². The van der Waals surface area contributed by atoms with Gasteiger partial charge in [-0.15, -0.1) is 23.7 Å². The van der Waals surface area contributed by atoms with Crippen LogP contribution in [0.5, 0.6) is 0 Å². The zero-order valence-corrected chi connectivity index (χ0v) is 11.0. The van der Waals surface area contributed by atoms with E-state index in [0.717, 1.165) is 6.54 Å². The topological polar surface area (TPSA) is 24.9 Å². The lowest BCUT2D eigenvalue weighted by atomic mass is 10.0. The third kappa shape index (κ3) is 3.44. The maximum Gasteiger partial charge on any atom is 0.0897 e. The van der Waals surface area contributed by atoms with Crippen LogP contribution in [0.4, 0.5) is 0 Å². The standard InChI is InChI=1S/C11H18N2S.ClH/c1-3-11(4-5-11)8-12-6-10-7-14-9(2)13-10;/h7,12H,3-6,8H2,1-2H3;1H. The molecule has 1 N–H and O–H groups in total. The molecule has 1 aromatic rings. The van der Waals surface area contributed by atoms with Gasteiger partial charge in [0.2, 0.25) is 0 Å². The summed E-state index contributed by atoms with van der Waals surface area (Å²) >= 11 is 1.73. The summed E-state index contributed by atoms with van der Waals surface area (Å²) in [6.07, 6.45) is 4.13. The summed E-state index contributed by atoms with van der Waals surface area (Å²) in [4.78, 5) is 4.43. The maximum atomic E-state index is 4.43. The molecule has 4 heteroatoms. The van der Waals surface area contributed by atoms with Gasteiger partial charge in [-0.3, -0.25) is 0 Å². The molecule has 1 aliphatic rings. The van der Waals surface area contributed by atoms with E-state index in [4.69, 9.17) is 0 Å². The molecular formula is C11H19ClN2S. The molecule has 1 aromatic heterocycles. The van der Waals surface area contributed by atoms with E-state index >= 15 is 0 Å². The van der Waals surface area contributed by atoms with Crippen molar-refractivity contribution < 1.29 is 0 Å². The molecular weight excluding hydrogens is 228 g/mol. The van der Waals surface area contributed by atoms with Gasteiger partial charge in [0.05, 0.1) is 10.7 Å². The normalized spacial score (nSPS) is 17.2. The van der Waals surface area contributed by atoms with Gasteiger partial charge < -0.3 is 5.32 Å². The van der Waals surface area contributed by atoms with Gasteiger partial charge in [0.25, 0.3) is 0 Å². The Kier molecular flexibility index (Phi) is 4.56. The summed E-state index contributed by atoms with van der Waals surface area (Å²) < 4.78 is 0. The quantitative estimate of drug-likeness (QED) is 0.864. The van der Waals surface area contributed by atoms with E-state index in [9.17, 15) is 0 Å². The minimum absolute atomic E-state index is 0. The third-order valence-electron chi connectivity index (χ3n) is 3.18. The van der Waals surface area contributed by atoms with E-state index < -0.39 is 0 Å². The Hall–Kier alpha value is -0.120. The first-order valence-corrected chi connectivity index (χ1v) is 6.24. The maximum absolute atomic E-state index is 4.43. The molecule has 15 heavy (non-hydrogen) atoms. The average molecular weight is 247 g/mol. The third-order valence-corrected chi connectivity index (χ3v) is 4.00. The second-order valence-corrected chi connectivity index (χ2v) is 5.38. The number of hydrogen-bond donors (Lipinski definition) is 1. The lowest BCUT2D eigenvalue weighted by Gasteiger charge is -2.12. The van der Waals surface area contributed by atoms with E-state index in [1.54, 1.807) is 11.3 Å². The van der Waals surface area contributed by atoms with Gasteiger partial charge >= 0.3 is 0 Å². The SMILES string of the molecule is CCC1(CNCc2csc(C)n2)CC1.Cl. The number of rotatable bonds is 5. The molecule has 0 atom stereocenters. The van der Waals surface area contributed by atoms with Crippen molar-refractivity contribution in [2.45, 2.75) is 39.7 Å². The van der Waals surface area contributed by atoms with Crippen molar-refractivity contribution in [1.29, 1.82) is 0 Å². The summed E-state index contributed by atoms with van der Waals surface area (Å²) in [7, 11) is 0. The number of thiazole rings is 1. The largest absolute Gasteiger partial charge is 0.311 e. The van der Waals surface area contributed by atoms with Gasteiger partial charge in [0.1, 0.15) is 0 Å². The van der Waals surface area contributed by atoms with Crippen LogP contribution in [0.25, 0.3) is 0 Å². The van der Waals surface area contributed by atoms with Crippen molar-refractivity contribution >= 4 is 23.7 Å². The second kappa shape index (κ2) is 5.28. The van der Waals surface area contributed by atoms with Crippen LogP contribution in [-0.2, 0) is 6.54 Å². The zero-order chi connectivity index (χ0) is 10.0. The van der Waals surface area contributed by atoms with Crippen LogP contribution in [0.15, 0.2) is 5.38 Å². The fourth-order valence-electron chi connectivity index (χ4n) is 1.78. The molecule has 86 valence electrons. The van der Waals surface area contributed by atoms with Crippen molar-refractivity contribution in [3.63, 3.8) is 0 Å². The molecule has 2 nitrogen and oxygen atoms in total. The van der Waals surface area contributed by atoms with Gasteiger partial charge in [-0.05, 0) is 31.6 Å². The molecule has 0 aliphatic heterocycles. The Morgan fingerprint density at radius 1 is 1.53 bits per heavy atom. The molecule has 0 saturated heterocycles. The highest BCUT2D eigenvalue weighted by atomic mass is 35.5.